The number of rotatable bonds is 5. The maximum absolute atomic E-state index is 13.6. The molecule has 4 rings (SSSR count). The molecule has 0 bridgehead atoms. The van der Waals surface area contributed by atoms with E-state index in [2.05, 4.69) is 20.5 Å². The molecule has 0 atom stereocenters. The first kappa shape index (κ1) is 20.7. The van der Waals surface area contributed by atoms with E-state index in [1.54, 1.807) is 49.5 Å². The molecule has 0 radical (unpaired) electrons. The summed E-state index contributed by atoms with van der Waals surface area (Å²) in [6.45, 7) is 1.73. The van der Waals surface area contributed by atoms with Crippen LogP contribution in [0.1, 0.15) is 16.7 Å². The van der Waals surface area contributed by atoms with Crippen molar-refractivity contribution in [1.29, 1.82) is 5.26 Å². The topological polar surface area (TPSA) is 93.9 Å². The number of nitrogens with one attached hydrogen (secondary N) is 2. The van der Waals surface area contributed by atoms with E-state index in [0.717, 1.165) is 16.7 Å². The fourth-order valence-corrected chi connectivity index (χ4v) is 3.23. The molecule has 4 aromatic rings. The highest BCUT2D eigenvalue weighted by Gasteiger charge is 2.12. The first-order valence-corrected chi connectivity index (χ1v) is 9.80. The number of hydrogen-bond acceptors (Lipinski definition) is 5. The van der Waals surface area contributed by atoms with E-state index in [0.29, 0.717) is 11.1 Å². The Labute approximate surface area is 183 Å². The van der Waals surface area contributed by atoms with Gasteiger partial charge in [0.15, 0.2) is 0 Å². The maximum Gasteiger partial charge on any atom is 0.270 e. The number of hydrogen-bond donors (Lipinski definition) is 2. The summed E-state index contributed by atoms with van der Waals surface area (Å²) in [6.07, 6.45) is 1.58. The molecule has 0 saturated carbocycles. The van der Waals surface area contributed by atoms with Crippen LogP contribution in [0.4, 0.5) is 10.3 Å². The van der Waals surface area contributed by atoms with Crippen LogP contribution in [-0.2, 0) is 0 Å². The molecule has 3 aromatic carbocycles. The Hall–Kier alpha value is -4.57. The summed E-state index contributed by atoms with van der Waals surface area (Å²) in [5.41, 5.74) is 6.25. The predicted molar refractivity (Wildman–Crippen MR) is 123 cm³/mol. The third kappa shape index (κ3) is 4.45. The molecular weight excluding hydrogens is 405 g/mol. The van der Waals surface area contributed by atoms with Gasteiger partial charge >= 0.3 is 0 Å². The smallest absolute Gasteiger partial charge is 0.270 e. The summed E-state index contributed by atoms with van der Waals surface area (Å²) in [5.74, 6) is -0.121. The second-order valence-electron chi connectivity index (χ2n) is 7.08. The van der Waals surface area contributed by atoms with E-state index < -0.39 is 5.56 Å². The van der Waals surface area contributed by atoms with Crippen molar-refractivity contribution < 1.29 is 4.39 Å². The minimum atomic E-state index is -0.548. The van der Waals surface area contributed by atoms with Gasteiger partial charge in [0.05, 0.1) is 11.9 Å². The van der Waals surface area contributed by atoms with Gasteiger partial charge in [0.25, 0.3) is 5.56 Å². The number of aromatic amines is 1. The van der Waals surface area contributed by atoms with Gasteiger partial charge in [0.2, 0.25) is 5.95 Å². The fraction of sp³-hybridized carbons (Fsp3) is 0.0400. The number of nitriles is 1. The van der Waals surface area contributed by atoms with Crippen LogP contribution in [-0.4, -0.2) is 16.2 Å². The number of aryl methyl sites for hydroxylation is 1. The standard InChI is InChI=1S/C25H18FN5O/c1-16-12-20(10-11-22(16)26)19-9-5-6-17(13-19)15-28-31-25-29-23(18-7-3-2-4-8-18)21(14-27)24(32)30-25/h2-13,15H,1H3,(H2,29,30,31,32). The molecule has 0 fully saturated rings. The summed E-state index contributed by atoms with van der Waals surface area (Å²) < 4.78 is 13.6. The van der Waals surface area contributed by atoms with Gasteiger partial charge in [-0.1, -0.05) is 54.6 Å². The monoisotopic (exact) mass is 423 g/mol. The third-order valence-electron chi connectivity index (χ3n) is 4.84. The summed E-state index contributed by atoms with van der Waals surface area (Å²) >= 11 is 0. The second kappa shape index (κ2) is 9.06. The molecule has 156 valence electrons. The van der Waals surface area contributed by atoms with Gasteiger partial charge in [-0.25, -0.2) is 14.8 Å². The molecule has 0 spiro atoms. The van der Waals surface area contributed by atoms with Gasteiger partial charge in [-0.2, -0.15) is 10.4 Å². The SMILES string of the molecule is Cc1cc(-c2cccc(C=NNc3nc(-c4ccccc4)c(C#N)c(=O)[nH]3)c2)ccc1F. The van der Waals surface area contributed by atoms with Crippen molar-refractivity contribution in [2.24, 2.45) is 5.10 Å². The van der Waals surface area contributed by atoms with E-state index in [-0.39, 0.29) is 23.0 Å². The maximum atomic E-state index is 13.6. The van der Waals surface area contributed by atoms with Crippen molar-refractivity contribution >= 4 is 12.2 Å². The van der Waals surface area contributed by atoms with Crippen molar-refractivity contribution in [2.45, 2.75) is 6.92 Å². The highest BCUT2D eigenvalue weighted by Crippen LogP contribution is 2.23. The van der Waals surface area contributed by atoms with Crippen LogP contribution in [0.15, 0.2) is 82.7 Å². The average molecular weight is 423 g/mol. The number of anilines is 1. The van der Waals surface area contributed by atoms with Crippen molar-refractivity contribution in [3.8, 4) is 28.5 Å². The lowest BCUT2D eigenvalue weighted by atomic mass is 10.0. The van der Waals surface area contributed by atoms with Crippen LogP contribution in [0.3, 0.4) is 0 Å². The number of aromatic nitrogens is 2. The fourth-order valence-electron chi connectivity index (χ4n) is 3.23. The highest BCUT2D eigenvalue weighted by atomic mass is 19.1. The highest BCUT2D eigenvalue weighted by molar-refractivity contribution is 5.83. The molecule has 6 nitrogen and oxygen atoms in total. The Morgan fingerprint density at radius 2 is 1.78 bits per heavy atom. The largest absolute Gasteiger partial charge is 0.290 e. The predicted octanol–water partition coefficient (Wildman–Crippen LogP) is 4.87. The van der Waals surface area contributed by atoms with Crippen molar-refractivity contribution in [3.63, 3.8) is 0 Å². The summed E-state index contributed by atoms with van der Waals surface area (Å²) in [6, 6.07) is 23.5. The van der Waals surface area contributed by atoms with Gasteiger partial charge in [-0.05, 0) is 47.4 Å². The van der Waals surface area contributed by atoms with E-state index in [9.17, 15) is 14.4 Å². The Morgan fingerprint density at radius 3 is 2.53 bits per heavy atom. The Kier molecular flexibility index (Phi) is 5.86. The van der Waals surface area contributed by atoms with Crippen LogP contribution in [0.5, 0.6) is 0 Å². The minimum absolute atomic E-state index is 0.0620. The minimum Gasteiger partial charge on any atom is -0.290 e. The summed E-state index contributed by atoms with van der Waals surface area (Å²) in [7, 11) is 0. The molecule has 0 aliphatic heterocycles. The van der Waals surface area contributed by atoms with Crippen molar-refractivity contribution in [1.82, 2.24) is 9.97 Å². The third-order valence-corrected chi connectivity index (χ3v) is 4.84. The van der Waals surface area contributed by atoms with E-state index in [4.69, 9.17) is 0 Å². The van der Waals surface area contributed by atoms with Gasteiger partial charge in [-0.3, -0.25) is 9.78 Å². The quantitative estimate of drug-likeness (QED) is 0.354. The first-order chi connectivity index (χ1) is 15.5. The zero-order valence-corrected chi connectivity index (χ0v) is 17.1. The molecule has 2 N–H and O–H groups in total. The van der Waals surface area contributed by atoms with Gasteiger partial charge in [-0.15, -0.1) is 0 Å². The molecule has 32 heavy (non-hydrogen) atoms. The Morgan fingerprint density at radius 1 is 1.03 bits per heavy atom. The van der Waals surface area contributed by atoms with Gasteiger partial charge in [0, 0.05) is 5.56 Å². The molecule has 0 unspecified atom stereocenters. The average Bonchev–Trinajstić information content (AvgIpc) is 2.81. The zero-order chi connectivity index (χ0) is 22.5. The number of benzene rings is 3. The van der Waals surface area contributed by atoms with Crippen molar-refractivity contribution in [3.05, 3.63) is 106 Å². The zero-order valence-electron chi connectivity index (χ0n) is 17.1. The lowest BCUT2D eigenvalue weighted by molar-refractivity contribution is 0.619. The van der Waals surface area contributed by atoms with Crippen LogP contribution in [0.25, 0.3) is 22.4 Å². The van der Waals surface area contributed by atoms with E-state index in [1.165, 1.54) is 6.07 Å². The first-order valence-electron chi connectivity index (χ1n) is 9.80. The van der Waals surface area contributed by atoms with Crippen LogP contribution < -0.4 is 11.0 Å². The molecule has 1 heterocycles. The van der Waals surface area contributed by atoms with E-state index >= 15 is 0 Å². The molecule has 0 amide bonds. The van der Waals surface area contributed by atoms with Crippen LogP contribution in [0, 0.1) is 24.1 Å². The molecule has 0 saturated heterocycles. The van der Waals surface area contributed by atoms with Crippen LogP contribution in [0.2, 0.25) is 0 Å². The molecule has 0 aliphatic carbocycles. The lowest BCUT2D eigenvalue weighted by Crippen LogP contribution is -2.16. The van der Waals surface area contributed by atoms with Crippen molar-refractivity contribution in [2.75, 3.05) is 5.43 Å². The summed E-state index contributed by atoms with van der Waals surface area (Å²) in [4.78, 5) is 19.2. The number of hydrazone groups is 1. The molecule has 1 aromatic heterocycles. The number of H-pyrrole nitrogens is 1. The second-order valence-corrected chi connectivity index (χ2v) is 7.08. The van der Waals surface area contributed by atoms with E-state index in [1.807, 2.05) is 36.4 Å². The number of halogens is 1. The normalized spacial score (nSPS) is 10.8. The van der Waals surface area contributed by atoms with Crippen LogP contribution >= 0.6 is 0 Å². The molecule has 7 heteroatoms. The van der Waals surface area contributed by atoms with Gasteiger partial charge < -0.3 is 0 Å². The molecule has 0 aliphatic rings. The Bertz CT molecular complexity index is 1400. The van der Waals surface area contributed by atoms with Gasteiger partial charge in [0.1, 0.15) is 17.4 Å². The molecular formula is C25H18FN5O. The Balaban J connectivity index is 1.58. The summed E-state index contributed by atoms with van der Waals surface area (Å²) in [5, 5.41) is 13.5. The lowest BCUT2D eigenvalue weighted by Gasteiger charge is -2.06. The number of nitrogens with zero attached hydrogens (tertiary/aromatic N) is 3.